The van der Waals surface area contributed by atoms with Crippen LogP contribution in [0.25, 0.3) is 0 Å². The molecule has 11 heteroatoms. The Morgan fingerprint density at radius 2 is 0.984 bits per heavy atom. The van der Waals surface area contributed by atoms with E-state index in [0.717, 1.165) is 64.2 Å². The highest BCUT2D eigenvalue weighted by atomic mass is 31.2. The molecule has 0 aromatic heterocycles. The Bertz CT molecular complexity index is 1230. The van der Waals surface area contributed by atoms with E-state index in [1.165, 1.54) is 109 Å². The van der Waals surface area contributed by atoms with Crippen LogP contribution < -0.4 is 0 Å². The van der Waals surface area contributed by atoms with Crippen LogP contribution in [0.5, 0.6) is 0 Å². The van der Waals surface area contributed by atoms with Gasteiger partial charge in [-0.2, -0.15) is 0 Å². The molecule has 3 atom stereocenters. The number of phosphoric ester groups is 1. The number of ether oxygens (including phenoxy) is 2. The molecule has 0 aliphatic rings. The van der Waals surface area contributed by atoms with Crippen molar-refractivity contribution in [3.8, 4) is 0 Å². The normalized spacial score (nSPS) is 14.3. The number of allylic oxidation sites excluding steroid dienone is 8. The molecule has 0 fully saturated rings. The number of nitrogens with zero attached hydrogens (tertiary/aromatic N) is 1. The summed E-state index contributed by atoms with van der Waals surface area (Å²) in [5.74, 6) is -0.876. The second kappa shape index (κ2) is 43.8. The number of rotatable bonds is 46. The van der Waals surface area contributed by atoms with Crippen molar-refractivity contribution in [2.24, 2.45) is 0 Å². The number of aliphatic hydroxyl groups is 1. The number of carbonyl (C=O) groups excluding carboxylic acids is 2. The molecule has 0 radical (unpaired) electrons. The molecule has 0 rings (SSSR count). The molecule has 63 heavy (non-hydrogen) atoms. The van der Waals surface area contributed by atoms with Crippen LogP contribution in [0.4, 0.5) is 0 Å². The van der Waals surface area contributed by atoms with E-state index >= 15 is 0 Å². The van der Waals surface area contributed by atoms with Crippen LogP contribution >= 0.6 is 7.82 Å². The van der Waals surface area contributed by atoms with Crippen LogP contribution in [0.3, 0.4) is 0 Å². The van der Waals surface area contributed by atoms with Crippen LogP contribution in [0.1, 0.15) is 213 Å². The first kappa shape index (κ1) is 60.9. The van der Waals surface area contributed by atoms with Gasteiger partial charge < -0.3 is 24.0 Å². The smallest absolute Gasteiger partial charge is 0.462 e. The van der Waals surface area contributed by atoms with Gasteiger partial charge in [0.25, 0.3) is 0 Å². The zero-order valence-electron chi connectivity index (χ0n) is 41.2. The van der Waals surface area contributed by atoms with Gasteiger partial charge in [-0.05, 0) is 57.8 Å². The molecule has 1 unspecified atom stereocenters. The minimum atomic E-state index is -4.40. The Morgan fingerprint density at radius 1 is 0.556 bits per heavy atom. The highest BCUT2D eigenvalue weighted by molar-refractivity contribution is 7.47. The molecule has 10 nitrogen and oxygen atoms in total. The number of carbonyl (C=O) groups is 2. The van der Waals surface area contributed by atoms with Gasteiger partial charge in [-0.25, -0.2) is 4.57 Å². The van der Waals surface area contributed by atoms with E-state index in [0.29, 0.717) is 23.9 Å². The van der Waals surface area contributed by atoms with Crippen LogP contribution in [0, 0.1) is 0 Å². The molecule has 0 aromatic carbocycles. The largest absolute Gasteiger partial charge is 0.472 e. The molecule has 0 aliphatic carbocycles. The highest BCUT2D eigenvalue weighted by Crippen LogP contribution is 2.43. The standard InChI is InChI=1S/C52H96NO9P/c1-6-8-9-10-11-12-13-14-15-16-17-18-19-20-21-26-29-32-35-38-41-44-52(56)62-50(48-61-63(57,58)60-46-45-53(3,4)5)47-59-51(55)43-40-37-34-31-28-25-23-22-24-27-30-33-36-39-42-49(54)7-2/h23-25,27,31,33-34,36,49-50,54H,6-22,26,28-30,32,35,37-48H2,1-5H3/p+1/b25-23-,27-24-,34-31-,36-33-/t49-,50+/m0/s1. The Balaban J connectivity index is 4.32. The third-order valence-electron chi connectivity index (χ3n) is 11.0. The topological polar surface area (TPSA) is 129 Å². The summed E-state index contributed by atoms with van der Waals surface area (Å²) >= 11 is 0. The summed E-state index contributed by atoms with van der Waals surface area (Å²) in [6, 6.07) is 0. The van der Waals surface area contributed by atoms with Crippen LogP contribution in [0.2, 0.25) is 0 Å². The minimum Gasteiger partial charge on any atom is -0.462 e. The number of hydrogen-bond donors (Lipinski definition) is 2. The van der Waals surface area contributed by atoms with Crippen molar-refractivity contribution in [3.05, 3.63) is 48.6 Å². The molecular formula is C52H97NO9P+. The van der Waals surface area contributed by atoms with Gasteiger partial charge in [-0.3, -0.25) is 18.6 Å². The maximum atomic E-state index is 12.8. The predicted molar refractivity (Wildman–Crippen MR) is 263 cm³/mol. The average molecular weight is 911 g/mol. The number of unbranched alkanes of at least 4 members (excludes halogenated alkanes) is 21. The summed E-state index contributed by atoms with van der Waals surface area (Å²) in [4.78, 5) is 35.5. The quantitative estimate of drug-likeness (QED) is 0.0202. The first-order valence-electron chi connectivity index (χ1n) is 25.4. The van der Waals surface area contributed by atoms with E-state index in [-0.39, 0.29) is 32.2 Å². The third kappa shape index (κ3) is 47.7. The van der Waals surface area contributed by atoms with Gasteiger partial charge in [0.1, 0.15) is 19.8 Å². The van der Waals surface area contributed by atoms with Gasteiger partial charge in [0, 0.05) is 12.8 Å². The molecule has 0 aliphatic heterocycles. The van der Waals surface area contributed by atoms with Gasteiger partial charge in [0.05, 0.1) is 33.9 Å². The summed E-state index contributed by atoms with van der Waals surface area (Å²) in [6.07, 6.45) is 49.7. The second-order valence-corrected chi connectivity index (χ2v) is 19.8. The van der Waals surface area contributed by atoms with E-state index in [9.17, 15) is 24.2 Å². The van der Waals surface area contributed by atoms with Crippen LogP contribution in [0.15, 0.2) is 48.6 Å². The molecule has 2 N–H and O–H groups in total. The van der Waals surface area contributed by atoms with E-state index in [1.807, 2.05) is 34.1 Å². The molecule has 0 amide bonds. The molecule has 0 saturated heterocycles. The third-order valence-corrected chi connectivity index (χ3v) is 12.0. The van der Waals surface area contributed by atoms with Gasteiger partial charge in [0.15, 0.2) is 6.10 Å². The maximum absolute atomic E-state index is 12.8. The monoisotopic (exact) mass is 911 g/mol. The SMILES string of the molecule is CCCCCCCCCCCCCCCCCCCCCCCC(=O)O[C@H](COC(=O)CCC/C=C\C/C=C\C/C=C\C/C=C\CC[C@@H](O)CC)COP(=O)(O)OCC[N+](C)(C)C. The van der Waals surface area contributed by atoms with E-state index < -0.39 is 32.5 Å². The molecule has 0 aromatic rings. The van der Waals surface area contributed by atoms with Crippen molar-refractivity contribution in [1.29, 1.82) is 0 Å². The summed E-state index contributed by atoms with van der Waals surface area (Å²) in [6.45, 7) is 4.10. The highest BCUT2D eigenvalue weighted by Gasteiger charge is 2.27. The van der Waals surface area contributed by atoms with Gasteiger partial charge in [0.2, 0.25) is 0 Å². The van der Waals surface area contributed by atoms with Crippen molar-refractivity contribution in [2.45, 2.75) is 225 Å². The van der Waals surface area contributed by atoms with Crippen LogP contribution in [-0.4, -0.2) is 86.1 Å². The fraction of sp³-hybridized carbons (Fsp3) is 0.808. The number of esters is 2. The number of likely N-dealkylation sites (N-methyl/N-ethyl adjacent to an activating group) is 1. The summed E-state index contributed by atoms with van der Waals surface area (Å²) in [5.41, 5.74) is 0. The van der Waals surface area contributed by atoms with Gasteiger partial charge in [-0.1, -0.05) is 191 Å². The molecule has 0 heterocycles. The Labute approximate surface area is 386 Å². The number of quaternary nitrogens is 1. The van der Waals surface area contributed by atoms with E-state index in [4.69, 9.17) is 18.5 Å². The zero-order valence-corrected chi connectivity index (χ0v) is 42.1. The number of phosphoric acid groups is 1. The second-order valence-electron chi connectivity index (χ2n) is 18.4. The van der Waals surface area contributed by atoms with E-state index in [1.54, 1.807) is 0 Å². The summed E-state index contributed by atoms with van der Waals surface area (Å²) < 4.78 is 34.4. The fourth-order valence-electron chi connectivity index (χ4n) is 6.87. The maximum Gasteiger partial charge on any atom is 0.472 e. The molecular weight excluding hydrogens is 814 g/mol. The van der Waals surface area contributed by atoms with Crippen molar-refractivity contribution >= 4 is 19.8 Å². The lowest BCUT2D eigenvalue weighted by atomic mass is 10.0. The molecule has 0 saturated carbocycles. The number of hydrogen-bond acceptors (Lipinski definition) is 8. The first-order valence-corrected chi connectivity index (χ1v) is 26.9. The van der Waals surface area contributed by atoms with Crippen molar-refractivity contribution in [1.82, 2.24) is 0 Å². The first-order chi connectivity index (χ1) is 30.4. The lowest BCUT2D eigenvalue weighted by molar-refractivity contribution is -0.870. The molecule has 0 bridgehead atoms. The zero-order chi connectivity index (χ0) is 46.5. The molecule has 0 spiro atoms. The number of aliphatic hydroxyl groups excluding tert-OH is 1. The Kier molecular flexibility index (Phi) is 42.4. The predicted octanol–water partition coefficient (Wildman–Crippen LogP) is 14.0. The minimum absolute atomic E-state index is 0.0175. The van der Waals surface area contributed by atoms with E-state index in [2.05, 4.69) is 49.5 Å². The Morgan fingerprint density at radius 3 is 1.44 bits per heavy atom. The lowest BCUT2D eigenvalue weighted by Gasteiger charge is -2.24. The van der Waals surface area contributed by atoms with Crippen molar-refractivity contribution < 1.29 is 47.2 Å². The Hall–Kier alpha value is -2.07. The van der Waals surface area contributed by atoms with Gasteiger partial charge in [-0.15, -0.1) is 0 Å². The fourth-order valence-corrected chi connectivity index (χ4v) is 7.61. The van der Waals surface area contributed by atoms with Gasteiger partial charge >= 0.3 is 19.8 Å². The van der Waals surface area contributed by atoms with Crippen molar-refractivity contribution in [2.75, 3.05) is 47.5 Å². The molecule has 368 valence electrons. The summed E-state index contributed by atoms with van der Waals surface area (Å²) in [5, 5.41) is 9.58. The lowest BCUT2D eigenvalue weighted by Crippen LogP contribution is -2.37. The van der Waals surface area contributed by atoms with Crippen molar-refractivity contribution in [3.63, 3.8) is 0 Å². The average Bonchev–Trinajstić information content (AvgIpc) is 3.24. The summed E-state index contributed by atoms with van der Waals surface area (Å²) in [7, 11) is 1.43. The van der Waals surface area contributed by atoms with Crippen LogP contribution in [-0.2, 0) is 32.7 Å².